The summed E-state index contributed by atoms with van der Waals surface area (Å²) < 4.78 is 2.27. The van der Waals surface area contributed by atoms with Crippen molar-refractivity contribution >= 4 is 15.9 Å². The van der Waals surface area contributed by atoms with E-state index in [-0.39, 0.29) is 0 Å². The highest BCUT2D eigenvalue weighted by Gasteiger charge is 2.31. The molecule has 18 heavy (non-hydrogen) atoms. The minimum atomic E-state index is 0.438. The van der Waals surface area contributed by atoms with Crippen LogP contribution in [0.2, 0.25) is 0 Å². The molecule has 1 unspecified atom stereocenters. The zero-order valence-electron chi connectivity index (χ0n) is 10.4. The fraction of sp³-hybridized carbons (Fsp3) is 0.429. The SMILES string of the molecule is CCCn1c(CBr)nnc1C1Cc2ccccc21. The molecule has 0 amide bonds. The van der Waals surface area contributed by atoms with Gasteiger partial charge in [0.25, 0.3) is 0 Å². The lowest BCUT2D eigenvalue weighted by Crippen LogP contribution is -2.22. The molecule has 94 valence electrons. The molecule has 0 N–H and O–H groups in total. The summed E-state index contributed by atoms with van der Waals surface area (Å²) in [6, 6.07) is 8.63. The van der Waals surface area contributed by atoms with Gasteiger partial charge in [0.1, 0.15) is 11.6 Å². The summed E-state index contributed by atoms with van der Waals surface area (Å²) >= 11 is 3.49. The molecule has 1 aliphatic carbocycles. The standard InChI is InChI=1S/C14H16BrN3/c1-2-7-18-13(9-15)16-17-14(18)12-8-10-5-3-4-6-11(10)12/h3-6,12H,2,7-9H2,1H3. The predicted octanol–water partition coefficient (Wildman–Crippen LogP) is 3.27. The van der Waals surface area contributed by atoms with Crippen LogP contribution in [0.3, 0.4) is 0 Å². The van der Waals surface area contributed by atoms with Gasteiger partial charge in [-0.25, -0.2) is 0 Å². The summed E-state index contributed by atoms with van der Waals surface area (Å²) in [5, 5.41) is 9.48. The van der Waals surface area contributed by atoms with Crippen molar-refractivity contribution in [1.82, 2.24) is 14.8 Å². The maximum Gasteiger partial charge on any atom is 0.143 e. The lowest BCUT2D eigenvalue weighted by Gasteiger charge is -2.29. The Morgan fingerprint density at radius 2 is 2.17 bits per heavy atom. The van der Waals surface area contributed by atoms with E-state index in [0.29, 0.717) is 5.92 Å². The highest BCUT2D eigenvalue weighted by atomic mass is 79.9. The van der Waals surface area contributed by atoms with Crippen LogP contribution in [-0.2, 0) is 18.3 Å². The van der Waals surface area contributed by atoms with E-state index in [1.165, 1.54) is 11.1 Å². The van der Waals surface area contributed by atoms with Gasteiger partial charge in [0, 0.05) is 12.5 Å². The fourth-order valence-electron chi connectivity index (χ4n) is 2.66. The summed E-state index contributed by atoms with van der Waals surface area (Å²) in [6.07, 6.45) is 2.21. The lowest BCUT2D eigenvalue weighted by molar-refractivity contribution is 0.565. The Labute approximate surface area is 115 Å². The molecule has 0 bridgehead atoms. The molecule has 0 saturated carbocycles. The van der Waals surface area contributed by atoms with Gasteiger partial charge in [0.2, 0.25) is 0 Å². The third kappa shape index (κ3) is 1.79. The van der Waals surface area contributed by atoms with Crippen molar-refractivity contribution in [3.05, 3.63) is 47.0 Å². The van der Waals surface area contributed by atoms with Crippen LogP contribution >= 0.6 is 15.9 Å². The molecule has 0 radical (unpaired) electrons. The number of benzene rings is 1. The van der Waals surface area contributed by atoms with Gasteiger partial charge < -0.3 is 4.57 Å². The minimum absolute atomic E-state index is 0.438. The van der Waals surface area contributed by atoms with E-state index in [9.17, 15) is 0 Å². The van der Waals surface area contributed by atoms with E-state index < -0.39 is 0 Å². The molecule has 2 aromatic rings. The highest BCUT2D eigenvalue weighted by molar-refractivity contribution is 9.08. The van der Waals surface area contributed by atoms with E-state index in [2.05, 4.69) is 61.9 Å². The van der Waals surface area contributed by atoms with Crippen molar-refractivity contribution in [2.75, 3.05) is 0 Å². The Morgan fingerprint density at radius 3 is 2.89 bits per heavy atom. The number of hydrogen-bond acceptors (Lipinski definition) is 2. The number of halogens is 1. The van der Waals surface area contributed by atoms with Gasteiger partial charge in [-0.1, -0.05) is 47.1 Å². The van der Waals surface area contributed by atoms with Gasteiger partial charge in [-0.2, -0.15) is 0 Å². The molecule has 0 saturated heterocycles. The quantitative estimate of drug-likeness (QED) is 0.812. The van der Waals surface area contributed by atoms with Crippen molar-refractivity contribution in [1.29, 1.82) is 0 Å². The summed E-state index contributed by atoms with van der Waals surface area (Å²) in [6.45, 7) is 3.19. The molecule has 0 fully saturated rings. The molecular weight excluding hydrogens is 290 g/mol. The Bertz CT molecular complexity index is 562. The largest absolute Gasteiger partial charge is 0.314 e. The molecular formula is C14H16BrN3. The lowest BCUT2D eigenvalue weighted by atomic mass is 9.77. The van der Waals surface area contributed by atoms with Crippen LogP contribution in [0.15, 0.2) is 24.3 Å². The van der Waals surface area contributed by atoms with Gasteiger partial charge in [-0.15, -0.1) is 10.2 Å². The van der Waals surface area contributed by atoms with Gasteiger partial charge in [0.05, 0.1) is 5.33 Å². The zero-order valence-corrected chi connectivity index (χ0v) is 12.0. The van der Waals surface area contributed by atoms with Crippen LogP contribution in [0, 0.1) is 0 Å². The Morgan fingerprint density at radius 1 is 1.33 bits per heavy atom. The fourth-order valence-corrected chi connectivity index (χ4v) is 3.08. The molecule has 1 aliphatic rings. The molecule has 3 nitrogen and oxygen atoms in total. The van der Waals surface area contributed by atoms with Gasteiger partial charge in [-0.3, -0.25) is 0 Å². The van der Waals surface area contributed by atoms with Crippen molar-refractivity contribution in [2.24, 2.45) is 0 Å². The van der Waals surface area contributed by atoms with E-state index in [0.717, 1.165) is 36.4 Å². The predicted molar refractivity (Wildman–Crippen MR) is 74.9 cm³/mol. The second-order valence-corrected chi connectivity index (χ2v) is 5.28. The van der Waals surface area contributed by atoms with E-state index in [1.54, 1.807) is 0 Å². The average molecular weight is 306 g/mol. The molecule has 0 spiro atoms. The third-order valence-corrected chi connectivity index (χ3v) is 4.09. The smallest absolute Gasteiger partial charge is 0.143 e. The normalized spacial score (nSPS) is 17.3. The van der Waals surface area contributed by atoms with E-state index >= 15 is 0 Å². The highest BCUT2D eigenvalue weighted by Crippen LogP contribution is 2.39. The Balaban J connectivity index is 1.97. The average Bonchev–Trinajstić information content (AvgIpc) is 2.75. The summed E-state index contributed by atoms with van der Waals surface area (Å²) in [5.74, 6) is 2.61. The minimum Gasteiger partial charge on any atom is -0.314 e. The number of rotatable bonds is 4. The van der Waals surface area contributed by atoms with Gasteiger partial charge >= 0.3 is 0 Å². The van der Waals surface area contributed by atoms with E-state index in [1.807, 2.05) is 0 Å². The summed E-state index contributed by atoms with van der Waals surface area (Å²) in [5.41, 5.74) is 2.87. The number of aromatic nitrogens is 3. The molecule has 0 aliphatic heterocycles. The van der Waals surface area contributed by atoms with Crippen LogP contribution in [0.4, 0.5) is 0 Å². The summed E-state index contributed by atoms with van der Waals surface area (Å²) in [4.78, 5) is 0. The Kier molecular flexibility index (Phi) is 3.20. The first-order valence-corrected chi connectivity index (χ1v) is 7.53. The summed E-state index contributed by atoms with van der Waals surface area (Å²) in [7, 11) is 0. The van der Waals surface area contributed by atoms with Crippen LogP contribution in [0.25, 0.3) is 0 Å². The third-order valence-electron chi connectivity index (χ3n) is 3.59. The van der Waals surface area contributed by atoms with Crippen molar-refractivity contribution < 1.29 is 0 Å². The molecule has 3 rings (SSSR count). The number of hydrogen-bond donors (Lipinski definition) is 0. The van der Waals surface area contributed by atoms with Crippen LogP contribution in [-0.4, -0.2) is 14.8 Å². The molecule has 1 aromatic heterocycles. The first-order chi connectivity index (χ1) is 8.85. The van der Waals surface area contributed by atoms with Crippen molar-refractivity contribution in [3.8, 4) is 0 Å². The molecule has 1 aromatic carbocycles. The van der Waals surface area contributed by atoms with Gasteiger partial charge in [-0.05, 0) is 24.0 Å². The second-order valence-electron chi connectivity index (χ2n) is 4.72. The maximum absolute atomic E-state index is 4.41. The van der Waals surface area contributed by atoms with Crippen LogP contribution in [0.5, 0.6) is 0 Å². The van der Waals surface area contributed by atoms with Crippen LogP contribution < -0.4 is 0 Å². The molecule has 1 heterocycles. The first-order valence-electron chi connectivity index (χ1n) is 6.41. The van der Waals surface area contributed by atoms with Crippen molar-refractivity contribution in [3.63, 3.8) is 0 Å². The van der Waals surface area contributed by atoms with Crippen LogP contribution in [0.1, 0.15) is 42.0 Å². The topological polar surface area (TPSA) is 30.7 Å². The second kappa shape index (κ2) is 4.84. The van der Waals surface area contributed by atoms with E-state index in [4.69, 9.17) is 0 Å². The Hall–Kier alpha value is -1.16. The first kappa shape index (κ1) is 11.9. The monoisotopic (exact) mass is 305 g/mol. The van der Waals surface area contributed by atoms with Gasteiger partial charge in [0.15, 0.2) is 0 Å². The number of nitrogens with zero attached hydrogens (tertiary/aromatic N) is 3. The number of fused-ring (bicyclic) bond motifs is 1. The molecule has 4 heteroatoms. The number of alkyl halides is 1. The zero-order chi connectivity index (χ0) is 12.5. The van der Waals surface area contributed by atoms with Crippen molar-refractivity contribution in [2.45, 2.75) is 37.6 Å². The molecule has 1 atom stereocenters. The maximum atomic E-state index is 4.41.